The van der Waals surface area contributed by atoms with E-state index >= 15 is 0 Å². The third kappa shape index (κ3) is 1.68. The first-order chi connectivity index (χ1) is 4.01. The molecule has 3 atom stereocenters. The van der Waals surface area contributed by atoms with Gasteiger partial charge in [-0.1, -0.05) is 0 Å². The monoisotopic (exact) mass is 170 g/mol. The van der Waals surface area contributed by atoms with Gasteiger partial charge in [0.25, 0.3) is 0 Å². The summed E-state index contributed by atoms with van der Waals surface area (Å²) >= 11 is 5.27. The van der Waals surface area contributed by atoms with E-state index in [0.717, 1.165) is 0 Å². The van der Waals surface area contributed by atoms with Gasteiger partial charge in [0.15, 0.2) is 0 Å². The zero-order valence-electron chi connectivity index (χ0n) is 5.20. The molecule has 1 unspecified atom stereocenters. The quantitative estimate of drug-likeness (QED) is 0.523. The van der Waals surface area contributed by atoms with Crippen molar-refractivity contribution in [3.8, 4) is 0 Å². The average molecular weight is 171 g/mol. The minimum absolute atomic E-state index is 0.159. The lowest BCUT2D eigenvalue weighted by Crippen LogP contribution is -2.13. The van der Waals surface area contributed by atoms with Crippen LogP contribution >= 0.6 is 18.2 Å². The predicted octanol–water partition coefficient (Wildman–Crippen LogP) is 2.16. The lowest BCUT2D eigenvalue weighted by Gasteiger charge is -2.00. The van der Waals surface area contributed by atoms with Crippen LogP contribution in [-0.4, -0.2) is 12.2 Å². The van der Waals surface area contributed by atoms with E-state index in [-0.39, 0.29) is 12.2 Å². The summed E-state index contributed by atoms with van der Waals surface area (Å²) in [5.41, 5.74) is 0. The van der Waals surface area contributed by atoms with Crippen LogP contribution in [0.1, 0.15) is 13.8 Å². The highest BCUT2D eigenvalue weighted by Gasteiger charge is 2.37. The second kappa shape index (κ2) is 2.24. The van der Waals surface area contributed by atoms with Crippen LogP contribution < -0.4 is 0 Å². The maximum absolute atomic E-state index is 10.8. The van der Waals surface area contributed by atoms with Crippen molar-refractivity contribution in [1.29, 1.82) is 0 Å². The molecule has 0 N–H and O–H groups in total. The van der Waals surface area contributed by atoms with Crippen LogP contribution in [0.15, 0.2) is 0 Å². The van der Waals surface area contributed by atoms with Crippen molar-refractivity contribution in [3.63, 3.8) is 0 Å². The molecule has 3 nitrogen and oxygen atoms in total. The standard InChI is InChI=1S/C4H8ClO3P/c1-3-4(2)8-9(5,6)7-3/h3-4H,1-2H3/t3-,4+,9?. The minimum atomic E-state index is -3.18. The van der Waals surface area contributed by atoms with Gasteiger partial charge in [0.05, 0.1) is 12.2 Å². The molecule has 1 rings (SSSR count). The Morgan fingerprint density at radius 1 is 1.33 bits per heavy atom. The largest absolute Gasteiger partial charge is 0.424 e. The van der Waals surface area contributed by atoms with E-state index in [0.29, 0.717) is 0 Å². The normalized spacial score (nSPS) is 51.9. The second-order valence-corrected chi connectivity index (χ2v) is 4.58. The fourth-order valence-corrected chi connectivity index (χ4v) is 2.53. The van der Waals surface area contributed by atoms with Gasteiger partial charge in [0.2, 0.25) is 0 Å². The molecule has 0 spiro atoms. The Bertz CT molecular complexity index is 146. The summed E-state index contributed by atoms with van der Waals surface area (Å²) in [7, 11) is 0. The van der Waals surface area contributed by atoms with Gasteiger partial charge < -0.3 is 0 Å². The Morgan fingerprint density at radius 2 is 1.67 bits per heavy atom. The minimum Gasteiger partial charge on any atom is -0.291 e. The molecule has 0 aromatic heterocycles. The molecule has 0 amide bonds. The molecule has 1 fully saturated rings. The highest BCUT2D eigenvalue weighted by atomic mass is 35.7. The van der Waals surface area contributed by atoms with E-state index in [9.17, 15) is 4.57 Å². The maximum Gasteiger partial charge on any atom is 0.424 e. The van der Waals surface area contributed by atoms with Crippen LogP contribution in [0.4, 0.5) is 0 Å². The van der Waals surface area contributed by atoms with E-state index in [2.05, 4.69) is 0 Å². The van der Waals surface area contributed by atoms with Crippen LogP contribution in [0.3, 0.4) is 0 Å². The second-order valence-electron chi connectivity index (χ2n) is 2.05. The summed E-state index contributed by atoms with van der Waals surface area (Å²) in [6.45, 7) is 0.358. The highest BCUT2D eigenvalue weighted by molar-refractivity contribution is 7.81. The van der Waals surface area contributed by atoms with Crippen LogP contribution in [0.2, 0.25) is 0 Å². The zero-order valence-corrected chi connectivity index (χ0v) is 6.85. The Labute approximate surface area is 58.6 Å². The average Bonchev–Trinajstić information content (AvgIpc) is 1.79. The molecule has 0 saturated carbocycles. The van der Waals surface area contributed by atoms with E-state index in [1.54, 1.807) is 13.8 Å². The molecule has 54 valence electrons. The maximum atomic E-state index is 10.8. The molecule has 0 aromatic rings. The van der Waals surface area contributed by atoms with Gasteiger partial charge in [-0.25, -0.2) is 4.57 Å². The van der Waals surface area contributed by atoms with Gasteiger partial charge in [0, 0.05) is 11.2 Å². The van der Waals surface area contributed by atoms with Crippen molar-refractivity contribution in [2.45, 2.75) is 26.1 Å². The molecule has 0 radical (unpaired) electrons. The van der Waals surface area contributed by atoms with E-state index < -0.39 is 6.95 Å². The smallest absolute Gasteiger partial charge is 0.291 e. The van der Waals surface area contributed by atoms with Crippen LogP contribution in [0, 0.1) is 0 Å². The van der Waals surface area contributed by atoms with E-state index in [1.807, 2.05) is 0 Å². The SMILES string of the molecule is C[C@@H]1OP(=O)(Cl)O[C@@H]1C. The summed E-state index contributed by atoms with van der Waals surface area (Å²) in [4.78, 5) is 0. The molecule has 1 aliphatic rings. The zero-order chi connectivity index (χ0) is 7.07. The summed E-state index contributed by atoms with van der Waals surface area (Å²) in [5.74, 6) is 0. The summed E-state index contributed by atoms with van der Waals surface area (Å²) in [6.07, 6.45) is -0.318. The molecule has 0 bridgehead atoms. The van der Waals surface area contributed by atoms with Crippen molar-refractivity contribution >= 4 is 18.2 Å². The molecular weight excluding hydrogens is 162 g/mol. The lowest BCUT2D eigenvalue weighted by molar-refractivity contribution is 0.187. The van der Waals surface area contributed by atoms with Crippen LogP contribution in [0.25, 0.3) is 0 Å². The first-order valence-electron chi connectivity index (χ1n) is 2.68. The highest BCUT2D eigenvalue weighted by Crippen LogP contribution is 2.60. The fraction of sp³-hybridized carbons (Fsp3) is 1.00. The lowest BCUT2D eigenvalue weighted by atomic mass is 10.3. The van der Waals surface area contributed by atoms with E-state index in [1.165, 1.54) is 0 Å². The fourth-order valence-electron chi connectivity index (χ4n) is 0.593. The first kappa shape index (κ1) is 7.55. The van der Waals surface area contributed by atoms with Crippen molar-refractivity contribution in [2.75, 3.05) is 0 Å². The number of hydrogen-bond acceptors (Lipinski definition) is 3. The molecule has 9 heavy (non-hydrogen) atoms. The molecular formula is C4H8ClO3P. The molecule has 1 heterocycles. The number of rotatable bonds is 0. The third-order valence-corrected chi connectivity index (χ3v) is 2.89. The van der Waals surface area contributed by atoms with Crippen molar-refractivity contribution < 1.29 is 13.6 Å². The van der Waals surface area contributed by atoms with E-state index in [4.69, 9.17) is 20.3 Å². The van der Waals surface area contributed by atoms with Gasteiger partial charge >= 0.3 is 6.95 Å². The summed E-state index contributed by atoms with van der Waals surface area (Å²) in [6, 6.07) is 0. The van der Waals surface area contributed by atoms with Gasteiger partial charge in [-0.15, -0.1) is 0 Å². The molecule has 0 aliphatic carbocycles. The van der Waals surface area contributed by atoms with Gasteiger partial charge in [-0.3, -0.25) is 9.05 Å². The van der Waals surface area contributed by atoms with Crippen molar-refractivity contribution in [1.82, 2.24) is 0 Å². The van der Waals surface area contributed by atoms with Crippen molar-refractivity contribution in [2.24, 2.45) is 0 Å². The summed E-state index contributed by atoms with van der Waals surface area (Å²) in [5, 5.41) is 0. The Kier molecular flexibility index (Phi) is 1.88. The van der Waals surface area contributed by atoms with Gasteiger partial charge in [-0.05, 0) is 13.8 Å². The van der Waals surface area contributed by atoms with Crippen molar-refractivity contribution in [3.05, 3.63) is 0 Å². The number of hydrogen-bond donors (Lipinski definition) is 0. The Morgan fingerprint density at radius 3 is 1.78 bits per heavy atom. The van der Waals surface area contributed by atoms with Gasteiger partial charge in [-0.2, -0.15) is 0 Å². The molecule has 5 heteroatoms. The topological polar surface area (TPSA) is 35.5 Å². The first-order valence-corrected chi connectivity index (χ1v) is 5.12. The summed E-state index contributed by atoms with van der Waals surface area (Å²) < 4.78 is 20.3. The molecule has 0 aromatic carbocycles. The predicted molar refractivity (Wildman–Crippen MR) is 34.6 cm³/mol. The number of halogens is 1. The molecule has 1 aliphatic heterocycles. The van der Waals surface area contributed by atoms with Crippen LogP contribution in [-0.2, 0) is 13.6 Å². The third-order valence-electron chi connectivity index (χ3n) is 1.25. The molecule has 1 saturated heterocycles. The Balaban J connectivity index is 2.65. The Hall–Kier alpha value is 0.440. The van der Waals surface area contributed by atoms with Crippen LogP contribution in [0.5, 0.6) is 0 Å². The van der Waals surface area contributed by atoms with Gasteiger partial charge in [0.1, 0.15) is 0 Å².